The molecule has 1 aliphatic rings. The van der Waals surface area contributed by atoms with Crippen LogP contribution < -0.4 is 16.0 Å². The van der Waals surface area contributed by atoms with E-state index in [2.05, 4.69) is 16.0 Å². The van der Waals surface area contributed by atoms with E-state index in [1.807, 2.05) is 13.0 Å². The molecule has 2 aromatic rings. The van der Waals surface area contributed by atoms with Crippen molar-refractivity contribution in [3.63, 3.8) is 0 Å². The Morgan fingerprint density at radius 1 is 1.25 bits per heavy atom. The average Bonchev–Trinajstić information content (AvgIpc) is 3.23. The molecule has 2 heterocycles. The first-order chi connectivity index (χ1) is 11.1. The number of carbonyl (C=O) groups is 2. The monoisotopic (exact) mass is 349 g/mol. The van der Waals surface area contributed by atoms with Gasteiger partial charge in [-0.05, 0) is 62.2 Å². The molecule has 3 N–H and O–H groups in total. The molecule has 1 atom stereocenters. The smallest absolute Gasteiger partial charge is 0.291 e. The van der Waals surface area contributed by atoms with E-state index in [0.717, 1.165) is 30.6 Å². The average molecular weight is 350 g/mol. The van der Waals surface area contributed by atoms with Crippen LogP contribution in [-0.2, 0) is 4.79 Å². The molecule has 2 amide bonds. The van der Waals surface area contributed by atoms with Crippen molar-refractivity contribution in [2.24, 2.45) is 0 Å². The van der Waals surface area contributed by atoms with Crippen LogP contribution in [0.2, 0.25) is 0 Å². The molecule has 1 aromatic heterocycles. The van der Waals surface area contributed by atoms with Gasteiger partial charge in [-0.3, -0.25) is 9.59 Å². The van der Waals surface area contributed by atoms with Gasteiger partial charge in [-0.15, -0.1) is 12.4 Å². The quantitative estimate of drug-likeness (QED) is 0.792. The number of anilines is 2. The fourth-order valence-electron chi connectivity index (χ4n) is 2.61. The summed E-state index contributed by atoms with van der Waals surface area (Å²) in [5.41, 5.74) is 2.27. The molecule has 1 saturated heterocycles. The number of aryl methyl sites for hydroxylation is 1. The molecule has 0 spiro atoms. The minimum absolute atomic E-state index is 0. The summed E-state index contributed by atoms with van der Waals surface area (Å²) in [6, 6.07) is 8.54. The minimum Gasteiger partial charge on any atom is -0.459 e. The number of nitrogens with one attached hydrogen (secondary N) is 3. The Kier molecular flexibility index (Phi) is 6.00. The van der Waals surface area contributed by atoms with E-state index in [1.54, 1.807) is 24.3 Å². The zero-order valence-corrected chi connectivity index (χ0v) is 14.1. The number of hydrogen-bond acceptors (Lipinski definition) is 4. The van der Waals surface area contributed by atoms with Gasteiger partial charge < -0.3 is 20.4 Å². The summed E-state index contributed by atoms with van der Waals surface area (Å²) < 4.78 is 5.06. The highest BCUT2D eigenvalue weighted by Crippen LogP contribution is 2.21. The minimum atomic E-state index is -0.301. The third kappa shape index (κ3) is 4.15. The van der Waals surface area contributed by atoms with E-state index in [9.17, 15) is 9.59 Å². The van der Waals surface area contributed by atoms with Crippen LogP contribution in [0.5, 0.6) is 0 Å². The van der Waals surface area contributed by atoms with E-state index in [-0.39, 0.29) is 36.0 Å². The summed E-state index contributed by atoms with van der Waals surface area (Å²) in [5.74, 6) is -0.0617. The molecule has 1 unspecified atom stereocenters. The number of carbonyl (C=O) groups excluding carboxylic acids is 2. The van der Waals surface area contributed by atoms with Crippen LogP contribution in [0, 0.1) is 6.92 Å². The Bertz CT molecular complexity index is 710. The fraction of sp³-hybridized carbons (Fsp3) is 0.294. The van der Waals surface area contributed by atoms with E-state index in [4.69, 9.17) is 4.42 Å². The van der Waals surface area contributed by atoms with Gasteiger partial charge in [0.2, 0.25) is 5.91 Å². The topological polar surface area (TPSA) is 83.4 Å². The Balaban J connectivity index is 0.00000208. The Hall–Kier alpha value is -2.31. The van der Waals surface area contributed by atoms with Crippen LogP contribution in [0.4, 0.5) is 11.4 Å². The van der Waals surface area contributed by atoms with Crippen molar-refractivity contribution in [2.45, 2.75) is 25.8 Å². The lowest BCUT2D eigenvalue weighted by atomic mass is 10.1. The van der Waals surface area contributed by atoms with Crippen molar-refractivity contribution in [1.29, 1.82) is 0 Å². The highest BCUT2D eigenvalue weighted by molar-refractivity contribution is 6.03. The normalized spacial score (nSPS) is 16.3. The van der Waals surface area contributed by atoms with Crippen LogP contribution in [-0.4, -0.2) is 24.4 Å². The molecule has 3 rings (SSSR count). The summed E-state index contributed by atoms with van der Waals surface area (Å²) in [6.45, 7) is 2.76. The molecule has 24 heavy (non-hydrogen) atoms. The lowest BCUT2D eigenvalue weighted by molar-refractivity contribution is -0.117. The molecule has 6 nitrogen and oxygen atoms in total. The number of halogens is 1. The first-order valence-electron chi connectivity index (χ1n) is 7.63. The van der Waals surface area contributed by atoms with Gasteiger partial charge in [-0.2, -0.15) is 0 Å². The maximum atomic E-state index is 12.1. The summed E-state index contributed by atoms with van der Waals surface area (Å²) in [5, 5.41) is 8.86. The second kappa shape index (κ2) is 7.99. The number of amides is 2. The van der Waals surface area contributed by atoms with Crippen molar-refractivity contribution >= 4 is 35.6 Å². The second-order valence-electron chi connectivity index (χ2n) is 5.60. The van der Waals surface area contributed by atoms with Crippen LogP contribution in [0.1, 0.15) is 29.0 Å². The Labute approximate surface area is 146 Å². The van der Waals surface area contributed by atoms with Gasteiger partial charge in [-0.1, -0.05) is 0 Å². The lowest BCUT2D eigenvalue weighted by Crippen LogP contribution is -2.35. The van der Waals surface area contributed by atoms with E-state index in [0.29, 0.717) is 5.69 Å². The highest BCUT2D eigenvalue weighted by atomic mass is 35.5. The van der Waals surface area contributed by atoms with Crippen molar-refractivity contribution in [2.75, 3.05) is 17.2 Å². The van der Waals surface area contributed by atoms with Gasteiger partial charge in [0, 0.05) is 11.4 Å². The summed E-state index contributed by atoms with van der Waals surface area (Å²) >= 11 is 0. The third-order valence-corrected chi connectivity index (χ3v) is 3.86. The predicted octanol–water partition coefficient (Wildman–Crippen LogP) is 2.95. The molecule has 0 bridgehead atoms. The molecule has 7 heteroatoms. The van der Waals surface area contributed by atoms with Crippen LogP contribution >= 0.6 is 12.4 Å². The molecule has 1 aliphatic heterocycles. The molecule has 0 saturated carbocycles. The molecule has 128 valence electrons. The lowest BCUT2D eigenvalue weighted by Gasteiger charge is -2.13. The third-order valence-electron chi connectivity index (χ3n) is 3.86. The maximum Gasteiger partial charge on any atom is 0.291 e. The van der Waals surface area contributed by atoms with Crippen molar-refractivity contribution < 1.29 is 14.0 Å². The summed E-state index contributed by atoms with van der Waals surface area (Å²) in [7, 11) is 0. The number of hydrogen-bond donors (Lipinski definition) is 3. The molecule has 1 aromatic carbocycles. The molecular formula is C17H20ClN3O3. The molecular weight excluding hydrogens is 330 g/mol. The Morgan fingerprint density at radius 2 is 2.08 bits per heavy atom. The Morgan fingerprint density at radius 3 is 2.71 bits per heavy atom. The van der Waals surface area contributed by atoms with Gasteiger partial charge in [0.15, 0.2) is 5.76 Å². The van der Waals surface area contributed by atoms with Crippen molar-refractivity contribution in [1.82, 2.24) is 5.32 Å². The van der Waals surface area contributed by atoms with E-state index < -0.39 is 0 Å². The standard InChI is InChI=1S/C17H19N3O3.ClH/c1-11-10-12(19-16(21)14-4-2-8-18-14)6-7-13(11)20-17(22)15-5-3-9-23-15;/h3,5-7,9-10,14,18H,2,4,8H2,1H3,(H,19,21)(H,20,22);1H. The van der Waals surface area contributed by atoms with Crippen molar-refractivity contribution in [3.05, 3.63) is 47.9 Å². The highest BCUT2D eigenvalue weighted by Gasteiger charge is 2.22. The first-order valence-corrected chi connectivity index (χ1v) is 7.63. The van der Waals surface area contributed by atoms with Crippen LogP contribution in [0.15, 0.2) is 41.0 Å². The zero-order chi connectivity index (χ0) is 16.2. The zero-order valence-electron chi connectivity index (χ0n) is 13.3. The van der Waals surface area contributed by atoms with Gasteiger partial charge in [-0.25, -0.2) is 0 Å². The summed E-state index contributed by atoms with van der Waals surface area (Å²) in [6.07, 6.45) is 3.34. The van der Waals surface area contributed by atoms with Crippen LogP contribution in [0.25, 0.3) is 0 Å². The van der Waals surface area contributed by atoms with Gasteiger partial charge in [0.05, 0.1) is 12.3 Å². The predicted molar refractivity (Wildman–Crippen MR) is 94.7 cm³/mol. The number of furan rings is 1. The SMILES string of the molecule is Cc1cc(NC(=O)C2CCCN2)ccc1NC(=O)c1ccco1.Cl. The number of benzene rings is 1. The maximum absolute atomic E-state index is 12.1. The van der Waals surface area contributed by atoms with Crippen molar-refractivity contribution in [3.8, 4) is 0 Å². The molecule has 0 radical (unpaired) electrons. The summed E-state index contributed by atoms with van der Waals surface area (Å²) in [4.78, 5) is 24.1. The molecule has 1 fully saturated rings. The largest absolute Gasteiger partial charge is 0.459 e. The van der Waals surface area contributed by atoms with E-state index >= 15 is 0 Å². The van der Waals surface area contributed by atoms with Gasteiger partial charge >= 0.3 is 0 Å². The second-order valence-corrected chi connectivity index (χ2v) is 5.60. The van der Waals surface area contributed by atoms with Crippen LogP contribution in [0.3, 0.4) is 0 Å². The van der Waals surface area contributed by atoms with Gasteiger partial charge in [0.1, 0.15) is 0 Å². The first kappa shape index (κ1) is 18.0. The number of rotatable bonds is 4. The van der Waals surface area contributed by atoms with E-state index in [1.165, 1.54) is 6.26 Å². The fourth-order valence-corrected chi connectivity index (χ4v) is 2.61. The van der Waals surface area contributed by atoms with Gasteiger partial charge in [0.25, 0.3) is 5.91 Å². The molecule has 0 aliphatic carbocycles.